The maximum absolute atomic E-state index is 12.2. The molecule has 2 atom stereocenters. The topological polar surface area (TPSA) is 82.3 Å². The van der Waals surface area contributed by atoms with E-state index in [1.807, 2.05) is 25.1 Å². The van der Waals surface area contributed by atoms with Crippen LogP contribution in [0.2, 0.25) is 0 Å². The Bertz CT molecular complexity index is 716. The van der Waals surface area contributed by atoms with E-state index >= 15 is 0 Å². The summed E-state index contributed by atoms with van der Waals surface area (Å²) in [5.41, 5.74) is 7.87. The van der Waals surface area contributed by atoms with E-state index in [-0.39, 0.29) is 18.0 Å². The zero-order valence-corrected chi connectivity index (χ0v) is 13.4. The van der Waals surface area contributed by atoms with E-state index in [0.717, 1.165) is 6.42 Å². The smallest absolute Gasteiger partial charge is 0.255 e. The van der Waals surface area contributed by atoms with Gasteiger partial charge in [-0.3, -0.25) is 15.0 Å². The minimum atomic E-state index is -0.178. The first kappa shape index (κ1) is 16.2. The average Bonchev–Trinajstić information content (AvgIpc) is 3.01. The number of amides is 2. The Morgan fingerprint density at radius 1 is 0.917 bits per heavy atom. The number of benzene rings is 2. The van der Waals surface area contributed by atoms with Crippen LogP contribution >= 0.6 is 0 Å². The molecule has 2 unspecified atom stereocenters. The Labute approximate surface area is 140 Å². The molecular weight excluding hydrogens is 304 g/mol. The van der Waals surface area contributed by atoms with Crippen molar-refractivity contribution in [3.05, 3.63) is 65.7 Å². The van der Waals surface area contributed by atoms with Crippen LogP contribution < -0.4 is 21.5 Å². The Balaban J connectivity index is 1.59. The minimum absolute atomic E-state index is 0.0787. The Kier molecular flexibility index (Phi) is 4.88. The van der Waals surface area contributed by atoms with Gasteiger partial charge in [-0.2, -0.15) is 0 Å². The fourth-order valence-corrected chi connectivity index (χ4v) is 2.55. The predicted molar refractivity (Wildman–Crippen MR) is 92.4 cm³/mol. The van der Waals surface area contributed by atoms with E-state index in [2.05, 4.69) is 21.5 Å². The van der Waals surface area contributed by atoms with Crippen molar-refractivity contribution in [2.75, 3.05) is 5.32 Å². The second-order valence-electron chi connectivity index (χ2n) is 5.85. The van der Waals surface area contributed by atoms with Gasteiger partial charge < -0.3 is 10.6 Å². The van der Waals surface area contributed by atoms with Crippen molar-refractivity contribution in [3.8, 4) is 0 Å². The van der Waals surface area contributed by atoms with E-state index in [1.165, 1.54) is 0 Å². The molecule has 4 N–H and O–H groups in total. The molecule has 0 bridgehead atoms. The van der Waals surface area contributed by atoms with Crippen molar-refractivity contribution in [2.45, 2.75) is 25.6 Å². The molecule has 124 valence electrons. The van der Waals surface area contributed by atoms with Gasteiger partial charge in [0.15, 0.2) is 0 Å². The van der Waals surface area contributed by atoms with Crippen LogP contribution in [0.1, 0.15) is 34.1 Å². The van der Waals surface area contributed by atoms with Crippen LogP contribution in [0.3, 0.4) is 0 Å². The SMILES string of the molecule is CC1CC(NC(=O)c2ccc(NC(=O)c3ccccc3)cc2)NN1. The lowest BCUT2D eigenvalue weighted by Crippen LogP contribution is -2.44. The fraction of sp³-hybridized carbons (Fsp3) is 0.222. The largest absolute Gasteiger partial charge is 0.335 e. The van der Waals surface area contributed by atoms with Crippen molar-refractivity contribution >= 4 is 17.5 Å². The van der Waals surface area contributed by atoms with Gasteiger partial charge in [-0.1, -0.05) is 18.2 Å². The summed E-state index contributed by atoms with van der Waals surface area (Å²) in [6.45, 7) is 2.05. The highest BCUT2D eigenvalue weighted by Gasteiger charge is 2.21. The number of anilines is 1. The molecule has 3 rings (SSSR count). The van der Waals surface area contributed by atoms with Crippen LogP contribution in [0.25, 0.3) is 0 Å². The van der Waals surface area contributed by atoms with Crippen molar-refractivity contribution in [1.82, 2.24) is 16.2 Å². The van der Waals surface area contributed by atoms with E-state index < -0.39 is 0 Å². The first-order chi connectivity index (χ1) is 11.6. The molecule has 0 aliphatic carbocycles. The van der Waals surface area contributed by atoms with Gasteiger partial charge in [0.05, 0.1) is 6.17 Å². The van der Waals surface area contributed by atoms with Gasteiger partial charge in [-0.15, -0.1) is 0 Å². The summed E-state index contributed by atoms with van der Waals surface area (Å²) in [7, 11) is 0. The quantitative estimate of drug-likeness (QED) is 0.692. The number of carbonyl (C=O) groups is 2. The molecule has 2 aromatic rings. The molecule has 1 aliphatic rings. The van der Waals surface area contributed by atoms with Crippen LogP contribution in [-0.2, 0) is 0 Å². The molecule has 0 saturated carbocycles. The van der Waals surface area contributed by atoms with Gasteiger partial charge in [0.2, 0.25) is 0 Å². The molecule has 1 heterocycles. The maximum Gasteiger partial charge on any atom is 0.255 e. The molecule has 2 aromatic carbocycles. The van der Waals surface area contributed by atoms with Crippen molar-refractivity contribution in [2.24, 2.45) is 0 Å². The first-order valence-electron chi connectivity index (χ1n) is 7.90. The third-order valence-corrected chi connectivity index (χ3v) is 3.84. The summed E-state index contributed by atoms with van der Waals surface area (Å²) in [5.74, 6) is -0.327. The maximum atomic E-state index is 12.2. The Morgan fingerprint density at radius 2 is 1.58 bits per heavy atom. The lowest BCUT2D eigenvalue weighted by Gasteiger charge is -2.12. The van der Waals surface area contributed by atoms with Crippen LogP contribution in [0.4, 0.5) is 5.69 Å². The summed E-state index contributed by atoms with van der Waals surface area (Å²) in [6.07, 6.45) is 0.752. The molecule has 0 radical (unpaired) electrons. The number of hydrazine groups is 1. The molecule has 0 aromatic heterocycles. The number of hydrogen-bond donors (Lipinski definition) is 4. The van der Waals surface area contributed by atoms with Gasteiger partial charge in [-0.25, -0.2) is 5.43 Å². The second-order valence-corrected chi connectivity index (χ2v) is 5.85. The number of rotatable bonds is 4. The molecule has 1 saturated heterocycles. The van der Waals surface area contributed by atoms with Gasteiger partial charge in [0.25, 0.3) is 11.8 Å². The number of hydrogen-bond acceptors (Lipinski definition) is 4. The molecule has 6 heteroatoms. The van der Waals surface area contributed by atoms with Gasteiger partial charge >= 0.3 is 0 Å². The summed E-state index contributed by atoms with van der Waals surface area (Å²) < 4.78 is 0. The molecule has 2 amide bonds. The molecule has 1 aliphatic heterocycles. The van der Waals surface area contributed by atoms with Gasteiger partial charge in [0, 0.05) is 22.9 Å². The van der Waals surface area contributed by atoms with Crippen molar-refractivity contribution < 1.29 is 9.59 Å². The third kappa shape index (κ3) is 3.98. The third-order valence-electron chi connectivity index (χ3n) is 3.84. The van der Waals surface area contributed by atoms with Crippen LogP contribution in [-0.4, -0.2) is 24.0 Å². The van der Waals surface area contributed by atoms with E-state index in [4.69, 9.17) is 0 Å². The summed E-state index contributed by atoms with van der Waals surface area (Å²) >= 11 is 0. The normalized spacial score (nSPS) is 19.7. The lowest BCUT2D eigenvalue weighted by molar-refractivity contribution is 0.0932. The molecule has 0 spiro atoms. The van der Waals surface area contributed by atoms with E-state index in [1.54, 1.807) is 36.4 Å². The monoisotopic (exact) mass is 324 g/mol. The highest BCUT2D eigenvalue weighted by Crippen LogP contribution is 2.12. The minimum Gasteiger partial charge on any atom is -0.335 e. The number of nitrogens with one attached hydrogen (secondary N) is 4. The lowest BCUT2D eigenvalue weighted by atomic mass is 10.1. The average molecular weight is 324 g/mol. The van der Waals surface area contributed by atoms with E-state index in [0.29, 0.717) is 22.9 Å². The summed E-state index contributed by atoms with van der Waals surface area (Å²) in [6, 6.07) is 16.2. The Hall–Kier alpha value is -2.70. The zero-order valence-electron chi connectivity index (χ0n) is 13.4. The van der Waals surface area contributed by atoms with E-state index in [9.17, 15) is 9.59 Å². The molecule has 6 nitrogen and oxygen atoms in total. The summed E-state index contributed by atoms with van der Waals surface area (Å²) in [5, 5.41) is 5.72. The second kappa shape index (κ2) is 7.25. The first-order valence-corrected chi connectivity index (χ1v) is 7.90. The molecule has 1 fully saturated rings. The Morgan fingerprint density at radius 3 is 2.21 bits per heavy atom. The molecule has 24 heavy (non-hydrogen) atoms. The van der Waals surface area contributed by atoms with Crippen molar-refractivity contribution in [1.29, 1.82) is 0 Å². The fourth-order valence-electron chi connectivity index (χ4n) is 2.55. The van der Waals surface area contributed by atoms with Crippen LogP contribution in [0.15, 0.2) is 54.6 Å². The zero-order chi connectivity index (χ0) is 16.9. The van der Waals surface area contributed by atoms with Gasteiger partial charge in [0.1, 0.15) is 0 Å². The highest BCUT2D eigenvalue weighted by molar-refractivity contribution is 6.04. The van der Waals surface area contributed by atoms with Crippen LogP contribution in [0.5, 0.6) is 0 Å². The van der Waals surface area contributed by atoms with Crippen LogP contribution in [0, 0.1) is 0 Å². The number of carbonyl (C=O) groups excluding carboxylic acids is 2. The molecular formula is C18H20N4O2. The summed E-state index contributed by atoms with van der Waals surface area (Å²) in [4.78, 5) is 24.3. The highest BCUT2D eigenvalue weighted by atomic mass is 16.2. The standard InChI is InChI=1S/C18H20N4O2/c1-12-11-16(22-21-12)20-18(24)14-7-9-15(10-8-14)19-17(23)13-5-3-2-4-6-13/h2-10,12,16,21-22H,11H2,1H3,(H,19,23)(H,20,24). The van der Waals surface area contributed by atoms with Crippen molar-refractivity contribution in [3.63, 3.8) is 0 Å². The predicted octanol–water partition coefficient (Wildman–Crippen LogP) is 1.88. The van der Waals surface area contributed by atoms with Gasteiger partial charge in [-0.05, 0) is 49.7 Å².